The SMILES string of the molecule is CC(C)(C)NCC(=O)c1ccc(Cl)cc1Cl. The first kappa shape index (κ1) is 13.5. The van der Waals surface area contributed by atoms with Crippen molar-refractivity contribution in [2.45, 2.75) is 26.3 Å². The molecule has 0 fully saturated rings. The van der Waals surface area contributed by atoms with E-state index >= 15 is 0 Å². The van der Waals surface area contributed by atoms with Gasteiger partial charge in [0.05, 0.1) is 11.6 Å². The van der Waals surface area contributed by atoms with Crippen LogP contribution in [0.4, 0.5) is 0 Å². The summed E-state index contributed by atoms with van der Waals surface area (Å²) in [6.45, 7) is 6.28. The molecule has 0 atom stereocenters. The summed E-state index contributed by atoms with van der Waals surface area (Å²) in [6, 6.07) is 4.89. The Morgan fingerprint density at radius 2 is 1.94 bits per heavy atom. The highest BCUT2D eigenvalue weighted by atomic mass is 35.5. The fourth-order valence-electron chi connectivity index (χ4n) is 1.16. The van der Waals surface area contributed by atoms with Crippen LogP contribution in [0.1, 0.15) is 31.1 Å². The normalized spacial score (nSPS) is 11.6. The van der Waals surface area contributed by atoms with Crippen LogP contribution in [0, 0.1) is 0 Å². The minimum Gasteiger partial charge on any atom is -0.305 e. The largest absolute Gasteiger partial charge is 0.305 e. The van der Waals surface area contributed by atoms with Crippen LogP contribution in [0.2, 0.25) is 10.0 Å². The van der Waals surface area contributed by atoms with Crippen LogP contribution in [-0.2, 0) is 0 Å². The minimum atomic E-state index is -0.0887. The van der Waals surface area contributed by atoms with Crippen molar-refractivity contribution < 1.29 is 4.79 Å². The summed E-state index contributed by atoms with van der Waals surface area (Å²) in [5, 5.41) is 4.05. The molecule has 0 spiro atoms. The maximum absolute atomic E-state index is 11.8. The Kier molecular flexibility index (Phi) is 4.36. The van der Waals surface area contributed by atoms with E-state index in [1.807, 2.05) is 20.8 Å². The van der Waals surface area contributed by atoms with Gasteiger partial charge < -0.3 is 5.32 Å². The lowest BCUT2D eigenvalue weighted by molar-refractivity contribution is 0.0982. The van der Waals surface area contributed by atoms with Gasteiger partial charge in [0.1, 0.15) is 0 Å². The number of benzene rings is 1. The molecule has 0 aromatic heterocycles. The molecule has 1 rings (SSSR count). The van der Waals surface area contributed by atoms with E-state index < -0.39 is 0 Å². The third kappa shape index (κ3) is 4.12. The van der Waals surface area contributed by atoms with Crippen LogP contribution in [0.5, 0.6) is 0 Å². The lowest BCUT2D eigenvalue weighted by Crippen LogP contribution is -2.39. The zero-order chi connectivity index (χ0) is 12.3. The Morgan fingerprint density at radius 3 is 2.44 bits per heavy atom. The van der Waals surface area contributed by atoms with Gasteiger partial charge in [0.15, 0.2) is 5.78 Å². The maximum Gasteiger partial charge on any atom is 0.178 e. The van der Waals surface area contributed by atoms with Crippen molar-refractivity contribution in [2.75, 3.05) is 6.54 Å². The molecule has 0 unspecified atom stereocenters. The van der Waals surface area contributed by atoms with Crippen molar-refractivity contribution in [1.82, 2.24) is 5.32 Å². The summed E-state index contributed by atoms with van der Waals surface area (Å²) in [5.74, 6) is -0.0309. The third-order valence-electron chi connectivity index (χ3n) is 2.01. The first-order valence-corrected chi connectivity index (χ1v) is 5.78. The summed E-state index contributed by atoms with van der Waals surface area (Å²) < 4.78 is 0. The van der Waals surface area contributed by atoms with Gasteiger partial charge in [0.25, 0.3) is 0 Å². The van der Waals surface area contributed by atoms with Crippen LogP contribution >= 0.6 is 23.2 Å². The molecular weight excluding hydrogens is 245 g/mol. The van der Waals surface area contributed by atoms with Crippen LogP contribution in [0.15, 0.2) is 18.2 Å². The van der Waals surface area contributed by atoms with E-state index in [9.17, 15) is 4.79 Å². The van der Waals surface area contributed by atoms with E-state index in [1.165, 1.54) is 0 Å². The summed E-state index contributed by atoms with van der Waals surface area (Å²) >= 11 is 11.7. The summed E-state index contributed by atoms with van der Waals surface area (Å²) in [6.07, 6.45) is 0. The molecule has 0 aliphatic rings. The highest BCUT2D eigenvalue weighted by Crippen LogP contribution is 2.21. The number of carbonyl (C=O) groups is 1. The number of Topliss-reactive ketones (excluding diaryl/α,β-unsaturated/α-hetero) is 1. The van der Waals surface area contributed by atoms with Crippen molar-refractivity contribution in [2.24, 2.45) is 0 Å². The third-order valence-corrected chi connectivity index (χ3v) is 2.56. The lowest BCUT2D eigenvalue weighted by Gasteiger charge is -2.20. The highest BCUT2D eigenvalue weighted by molar-refractivity contribution is 6.36. The molecule has 0 saturated heterocycles. The molecule has 0 heterocycles. The summed E-state index contributed by atoms with van der Waals surface area (Å²) in [4.78, 5) is 11.8. The predicted molar refractivity (Wildman–Crippen MR) is 68.5 cm³/mol. The lowest BCUT2D eigenvalue weighted by atomic mass is 10.1. The number of nitrogens with one attached hydrogen (secondary N) is 1. The second kappa shape index (κ2) is 5.17. The molecule has 4 heteroatoms. The zero-order valence-electron chi connectivity index (χ0n) is 9.60. The van der Waals surface area contributed by atoms with Gasteiger partial charge in [-0.2, -0.15) is 0 Å². The fourth-order valence-corrected chi connectivity index (χ4v) is 1.67. The van der Waals surface area contributed by atoms with Gasteiger partial charge in [-0.1, -0.05) is 23.2 Å². The Bertz CT molecular complexity index is 396. The second-order valence-electron chi connectivity index (χ2n) is 4.65. The molecule has 0 radical (unpaired) electrons. The van der Waals surface area contributed by atoms with Crippen molar-refractivity contribution in [3.63, 3.8) is 0 Å². The number of rotatable bonds is 3. The maximum atomic E-state index is 11.8. The Labute approximate surface area is 106 Å². The zero-order valence-corrected chi connectivity index (χ0v) is 11.1. The molecule has 1 N–H and O–H groups in total. The number of hydrogen-bond donors (Lipinski definition) is 1. The Morgan fingerprint density at radius 1 is 1.31 bits per heavy atom. The second-order valence-corrected chi connectivity index (χ2v) is 5.49. The summed E-state index contributed by atoms with van der Waals surface area (Å²) in [5.41, 5.74) is 0.414. The smallest absolute Gasteiger partial charge is 0.178 e. The van der Waals surface area contributed by atoms with Gasteiger partial charge in [-0.15, -0.1) is 0 Å². The minimum absolute atomic E-state index is 0.0309. The molecule has 0 aliphatic carbocycles. The molecule has 1 aromatic rings. The molecular formula is C12H15Cl2NO. The molecule has 0 saturated carbocycles. The Hall–Kier alpha value is -0.570. The van der Waals surface area contributed by atoms with Gasteiger partial charge in [0.2, 0.25) is 0 Å². The first-order valence-electron chi connectivity index (χ1n) is 5.03. The standard InChI is InChI=1S/C12H15Cl2NO/c1-12(2,3)15-7-11(16)9-5-4-8(13)6-10(9)14/h4-6,15H,7H2,1-3H3. The van der Waals surface area contributed by atoms with Crippen LogP contribution < -0.4 is 5.32 Å². The molecule has 0 amide bonds. The van der Waals surface area contributed by atoms with E-state index in [0.717, 1.165) is 0 Å². The quantitative estimate of drug-likeness (QED) is 0.842. The number of ketones is 1. The van der Waals surface area contributed by atoms with E-state index in [2.05, 4.69) is 5.32 Å². The van der Waals surface area contributed by atoms with Crippen molar-refractivity contribution >= 4 is 29.0 Å². The number of halogens is 2. The Balaban J connectivity index is 2.74. The average molecular weight is 260 g/mol. The number of carbonyl (C=O) groups excluding carboxylic acids is 1. The first-order chi connectivity index (χ1) is 7.29. The van der Waals surface area contributed by atoms with Crippen LogP contribution in [0.3, 0.4) is 0 Å². The van der Waals surface area contributed by atoms with E-state index in [0.29, 0.717) is 15.6 Å². The van der Waals surface area contributed by atoms with Gasteiger partial charge in [-0.3, -0.25) is 4.79 Å². The van der Waals surface area contributed by atoms with Gasteiger partial charge in [-0.05, 0) is 39.0 Å². The highest BCUT2D eigenvalue weighted by Gasteiger charge is 2.14. The van der Waals surface area contributed by atoms with Crippen molar-refractivity contribution in [1.29, 1.82) is 0 Å². The molecule has 0 bridgehead atoms. The van der Waals surface area contributed by atoms with Gasteiger partial charge in [0, 0.05) is 16.1 Å². The molecule has 16 heavy (non-hydrogen) atoms. The van der Waals surface area contributed by atoms with E-state index in [1.54, 1.807) is 18.2 Å². The van der Waals surface area contributed by atoms with Crippen LogP contribution in [0.25, 0.3) is 0 Å². The van der Waals surface area contributed by atoms with Crippen molar-refractivity contribution in [3.8, 4) is 0 Å². The van der Waals surface area contributed by atoms with Gasteiger partial charge in [-0.25, -0.2) is 0 Å². The van der Waals surface area contributed by atoms with Crippen LogP contribution in [-0.4, -0.2) is 17.9 Å². The summed E-state index contributed by atoms with van der Waals surface area (Å²) in [7, 11) is 0. The fraction of sp³-hybridized carbons (Fsp3) is 0.417. The topological polar surface area (TPSA) is 29.1 Å². The monoisotopic (exact) mass is 259 g/mol. The predicted octanol–water partition coefficient (Wildman–Crippen LogP) is 3.56. The van der Waals surface area contributed by atoms with Crippen molar-refractivity contribution in [3.05, 3.63) is 33.8 Å². The van der Waals surface area contributed by atoms with E-state index in [4.69, 9.17) is 23.2 Å². The average Bonchev–Trinajstić information content (AvgIpc) is 2.13. The van der Waals surface area contributed by atoms with Gasteiger partial charge >= 0.3 is 0 Å². The molecule has 88 valence electrons. The van der Waals surface area contributed by atoms with E-state index in [-0.39, 0.29) is 17.9 Å². The molecule has 2 nitrogen and oxygen atoms in total. The number of hydrogen-bond acceptors (Lipinski definition) is 2. The molecule has 1 aromatic carbocycles. The molecule has 0 aliphatic heterocycles.